The number of rotatable bonds is 23. The Labute approximate surface area is 219 Å². The van der Waals surface area contributed by atoms with Gasteiger partial charge < -0.3 is 23.1 Å². The fourth-order valence-corrected chi connectivity index (χ4v) is 7.44. The molecule has 0 spiro atoms. The summed E-state index contributed by atoms with van der Waals surface area (Å²) in [6.07, 6.45) is 10.1. The lowest BCUT2D eigenvalue weighted by Crippen LogP contribution is -2.22. The van der Waals surface area contributed by atoms with Crippen molar-refractivity contribution >= 4 is 26.7 Å². The van der Waals surface area contributed by atoms with Crippen LogP contribution >= 0.6 is 14.7 Å². The molecule has 0 amide bonds. The summed E-state index contributed by atoms with van der Waals surface area (Å²) in [5.41, 5.74) is 0.434. The number of ether oxygens (including phenoxy) is 2. The summed E-state index contributed by atoms with van der Waals surface area (Å²) in [4.78, 5) is 23.5. The second-order valence-corrected chi connectivity index (χ2v) is 15.4. The molecule has 10 heteroatoms. The van der Waals surface area contributed by atoms with E-state index in [9.17, 15) is 18.7 Å². The molecule has 212 valence electrons. The van der Waals surface area contributed by atoms with E-state index in [1.54, 1.807) is 34.1 Å². The summed E-state index contributed by atoms with van der Waals surface area (Å²) >= 11 is 0. The minimum atomic E-state index is -3.31. The Morgan fingerprint density at radius 2 is 1.28 bits per heavy atom. The minimum absolute atomic E-state index is 0.0705. The normalized spacial score (nSPS) is 12.8. The van der Waals surface area contributed by atoms with E-state index in [0.717, 1.165) is 57.8 Å². The maximum Gasteiger partial charge on any atom is 0.333 e. The van der Waals surface area contributed by atoms with Crippen molar-refractivity contribution in [3.8, 4) is 0 Å². The lowest BCUT2D eigenvalue weighted by atomic mass is 10.1. The summed E-state index contributed by atoms with van der Waals surface area (Å²) in [5, 5.41) is 0. The second kappa shape index (κ2) is 20.1. The molecule has 0 aromatic carbocycles. The fraction of sp³-hybridized carbons (Fsp3) is 0.846. The van der Waals surface area contributed by atoms with Crippen LogP contribution in [-0.2, 0) is 37.2 Å². The lowest BCUT2D eigenvalue weighted by molar-refractivity contribution is -0.144. The summed E-state index contributed by atoms with van der Waals surface area (Å²) in [6, 6.07) is 0. The third kappa shape index (κ3) is 20.2. The van der Waals surface area contributed by atoms with E-state index in [0.29, 0.717) is 24.8 Å². The van der Waals surface area contributed by atoms with Crippen molar-refractivity contribution in [1.29, 1.82) is 0 Å². The van der Waals surface area contributed by atoms with Gasteiger partial charge in [0.2, 0.25) is 0 Å². The van der Waals surface area contributed by atoms with E-state index in [4.69, 9.17) is 18.5 Å². The molecular formula is C26H50O8P2. The number of hydrogen-bond acceptors (Lipinski definition) is 8. The Hall–Kier alpha value is -0.940. The van der Waals surface area contributed by atoms with Crippen LogP contribution in [0.1, 0.15) is 85.0 Å². The largest absolute Gasteiger partial charge is 0.465 e. The van der Waals surface area contributed by atoms with Crippen LogP contribution in [0.15, 0.2) is 12.2 Å². The number of esters is 2. The first-order valence-corrected chi connectivity index (χ1v) is 17.8. The van der Waals surface area contributed by atoms with Crippen molar-refractivity contribution in [1.82, 2.24) is 0 Å². The predicted octanol–water partition coefficient (Wildman–Crippen LogP) is 7.05. The van der Waals surface area contributed by atoms with Crippen molar-refractivity contribution < 1.29 is 37.2 Å². The van der Waals surface area contributed by atoms with E-state index in [-0.39, 0.29) is 43.8 Å². The molecule has 36 heavy (non-hydrogen) atoms. The minimum Gasteiger partial charge on any atom is -0.465 e. The van der Waals surface area contributed by atoms with Gasteiger partial charge in [0.25, 0.3) is 0 Å². The van der Waals surface area contributed by atoms with Gasteiger partial charge in [-0.1, -0.05) is 51.5 Å². The summed E-state index contributed by atoms with van der Waals surface area (Å²) in [6.45, 7) is 13.1. The first-order valence-electron chi connectivity index (χ1n) is 13.3. The monoisotopic (exact) mass is 552 g/mol. The Morgan fingerprint density at radius 1 is 0.778 bits per heavy atom. The van der Waals surface area contributed by atoms with Gasteiger partial charge >= 0.3 is 19.5 Å². The first kappa shape index (κ1) is 35.1. The molecule has 0 aliphatic heterocycles. The van der Waals surface area contributed by atoms with E-state index in [1.807, 2.05) is 0 Å². The Balaban J connectivity index is 4.05. The number of unbranched alkanes of at least 4 members (excludes halogenated alkanes) is 8. The summed E-state index contributed by atoms with van der Waals surface area (Å²) < 4.78 is 46.5. The van der Waals surface area contributed by atoms with Gasteiger partial charge in [-0.05, 0) is 46.9 Å². The molecule has 0 N–H and O–H groups in total. The molecule has 1 unspecified atom stereocenters. The molecule has 0 aromatic heterocycles. The highest BCUT2D eigenvalue weighted by molar-refractivity contribution is 7.62. The first-order chi connectivity index (χ1) is 16.9. The highest BCUT2D eigenvalue weighted by Gasteiger charge is 2.31. The lowest BCUT2D eigenvalue weighted by Gasteiger charge is -2.24. The SMILES string of the molecule is C=C(C)C(=O)OCCCCCCCCCCCC(=O)OCC(CP(C)(C)=O)CP(=O)(OCC)OCC. The fourth-order valence-electron chi connectivity index (χ4n) is 3.82. The molecule has 8 nitrogen and oxygen atoms in total. The van der Waals surface area contributed by atoms with Crippen LogP contribution in [0.4, 0.5) is 0 Å². The molecule has 0 aliphatic rings. The average molecular weight is 553 g/mol. The van der Waals surface area contributed by atoms with Crippen LogP contribution in [0, 0.1) is 5.92 Å². The summed E-state index contributed by atoms with van der Waals surface area (Å²) in [7, 11) is -5.72. The zero-order valence-electron chi connectivity index (χ0n) is 23.3. The van der Waals surface area contributed by atoms with Crippen molar-refractivity contribution in [3.63, 3.8) is 0 Å². The van der Waals surface area contributed by atoms with Crippen molar-refractivity contribution in [3.05, 3.63) is 12.2 Å². The van der Waals surface area contributed by atoms with Crippen molar-refractivity contribution in [2.75, 3.05) is 52.1 Å². The zero-order chi connectivity index (χ0) is 27.5. The van der Waals surface area contributed by atoms with Crippen molar-refractivity contribution in [2.24, 2.45) is 5.92 Å². The number of carbonyl (C=O) groups is 2. The third-order valence-electron chi connectivity index (χ3n) is 5.42. The van der Waals surface area contributed by atoms with Crippen LogP contribution in [0.3, 0.4) is 0 Å². The van der Waals surface area contributed by atoms with E-state index in [2.05, 4.69) is 6.58 Å². The molecule has 0 radical (unpaired) electrons. The van der Waals surface area contributed by atoms with E-state index < -0.39 is 14.7 Å². The van der Waals surface area contributed by atoms with Crippen LogP contribution < -0.4 is 0 Å². The highest BCUT2D eigenvalue weighted by atomic mass is 31.2. The van der Waals surface area contributed by atoms with Gasteiger partial charge in [0.1, 0.15) is 0 Å². The predicted molar refractivity (Wildman–Crippen MR) is 146 cm³/mol. The van der Waals surface area contributed by atoms with Gasteiger partial charge in [0.05, 0.1) is 39.7 Å². The Morgan fingerprint density at radius 3 is 1.75 bits per heavy atom. The van der Waals surface area contributed by atoms with Crippen LogP contribution in [-0.4, -0.2) is 64.0 Å². The van der Waals surface area contributed by atoms with Crippen LogP contribution in [0.25, 0.3) is 0 Å². The van der Waals surface area contributed by atoms with Gasteiger partial charge in [-0.2, -0.15) is 0 Å². The maximum absolute atomic E-state index is 12.9. The quantitative estimate of drug-likeness (QED) is 0.0574. The topological polar surface area (TPSA) is 105 Å². The third-order valence-corrected chi connectivity index (χ3v) is 9.08. The Kier molecular flexibility index (Phi) is 19.6. The second-order valence-electron chi connectivity index (χ2n) is 9.78. The average Bonchev–Trinajstić information content (AvgIpc) is 2.77. The van der Waals surface area contributed by atoms with Crippen molar-refractivity contribution in [2.45, 2.75) is 85.0 Å². The molecule has 1 atom stereocenters. The smallest absolute Gasteiger partial charge is 0.333 e. The molecule has 0 aromatic rings. The molecular weight excluding hydrogens is 502 g/mol. The molecule has 0 aliphatic carbocycles. The molecule has 0 saturated heterocycles. The highest BCUT2D eigenvalue weighted by Crippen LogP contribution is 2.51. The molecule has 0 bridgehead atoms. The van der Waals surface area contributed by atoms with Gasteiger partial charge in [-0.15, -0.1) is 0 Å². The van der Waals surface area contributed by atoms with Gasteiger partial charge in [0, 0.05) is 24.1 Å². The van der Waals surface area contributed by atoms with Gasteiger partial charge in [-0.3, -0.25) is 9.36 Å². The van der Waals surface area contributed by atoms with Crippen LogP contribution in [0.5, 0.6) is 0 Å². The maximum atomic E-state index is 12.9. The number of carbonyl (C=O) groups excluding carboxylic acids is 2. The Bertz CT molecular complexity index is 721. The molecule has 0 saturated carbocycles. The van der Waals surface area contributed by atoms with Crippen LogP contribution in [0.2, 0.25) is 0 Å². The molecule has 0 fully saturated rings. The standard InChI is InChI=1S/C26H50O8P2/c1-7-33-36(30,34-8-2)22-24(21-35(5,6)29)20-32-25(27)18-16-14-12-10-9-11-13-15-17-19-31-26(28)23(3)4/h24H,3,7-22H2,1-2,4-6H3. The number of hydrogen-bond donors (Lipinski definition) is 0. The van der Waals surface area contributed by atoms with Gasteiger partial charge in [-0.25, -0.2) is 4.79 Å². The summed E-state index contributed by atoms with van der Waals surface area (Å²) in [5.74, 6) is -0.936. The molecule has 0 heterocycles. The van der Waals surface area contributed by atoms with E-state index >= 15 is 0 Å². The zero-order valence-corrected chi connectivity index (χ0v) is 25.0. The van der Waals surface area contributed by atoms with E-state index in [1.165, 1.54) is 0 Å². The van der Waals surface area contributed by atoms with Gasteiger partial charge in [0.15, 0.2) is 0 Å². The molecule has 0 rings (SSSR count).